The number of rotatable bonds is 15. The van der Waals surface area contributed by atoms with Crippen LogP contribution in [0.2, 0.25) is 4.47 Å². The smallest absolute Gasteiger partial charge is 0.183 e. The van der Waals surface area contributed by atoms with Crippen LogP contribution in [0, 0.1) is 0 Å². The van der Waals surface area contributed by atoms with Gasteiger partial charge in [0, 0.05) is 25.0 Å². The van der Waals surface area contributed by atoms with Crippen LogP contribution < -0.4 is 4.74 Å². The van der Waals surface area contributed by atoms with Gasteiger partial charge in [-0.1, -0.05) is 61.0 Å². The minimum atomic E-state index is -0.742. The first-order valence-corrected chi connectivity index (χ1v) is 12.8. The lowest BCUT2D eigenvalue weighted by Gasteiger charge is -2.27. The number of ether oxygens (including phenoxy) is 2. The fourth-order valence-electron chi connectivity index (χ4n) is 3.69. The average Bonchev–Trinajstić information content (AvgIpc) is 3.29. The van der Waals surface area contributed by atoms with Gasteiger partial charge in [-0.3, -0.25) is 4.90 Å². The quantitative estimate of drug-likeness (QED) is 0.295. The number of aliphatic hydroxyl groups excluding tert-OH is 2. The van der Waals surface area contributed by atoms with Crippen molar-refractivity contribution in [3.05, 3.63) is 81.3 Å². The Morgan fingerprint density at radius 2 is 1.79 bits per heavy atom. The summed E-state index contributed by atoms with van der Waals surface area (Å²) in [6.07, 6.45) is 0.156. The summed E-state index contributed by atoms with van der Waals surface area (Å²) in [6.45, 7) is 5.45. The molecule has 0 fully saturated rings. The van der Waals surface area contributed by atoms with Crippen LogP contribution in [0.25, 0.3) is 0 Å². The molecular formula is C26H33ClN2O4S. The van der Waals surface area contributed by atoms with Gasteiger partial charge in [0.05, 0.1) is 25.5 Å². The molecule has 3 aromatic rings. The number of aromatic nitrogens is 1. The highest BCUT2D eigenvalue weighted by Gasteiger charge is 2.18. The topological polar surface area (TPSA) is 75.1 Å². The summed E-state index contributed by atoms with van der Waals surface area (Å²) >= 11 is 7.18. The zero-order valence-corrected chi connectivity index (χ0v) is 21.0. The second-order valence-electron chi connectivity index (χ2n) is 8.19. The van der Waals surface area contributed by atoms with Gasteiger partial charge in [-0.2, -0.15) is 0 Å². The fraction of sp³-hybridized carbons (Fsp3) is 0.423. The van der Waals surface area contributed by atoms with Gasteiger partial charge in [0.15, 0.2) is 4.47 Å². The number of hydrogen-bond acceptors (Lipinski definition) is 7. The van der Waals surface area contributed by atoms with E-state index in [2.05, 4.69) is 36.2 Å². The Kier molecular flexibility index (Phi) is 11.3. The minimum Gasteiger partial charge on any atom is -0.491 e. The van der Waals surface area contributed by atoms with Crippen LogP contribution in [-0.2, 0) is 11.2 Å². The highest BCUT2D eigenvalue weighted by atomic mass is 35.5. The molecule has 2 aromatic carbocycles. The second kappa shape index (κ2) is 14.4. The minimum absolute atomic E-state index is 0.0253. The molecule has 2 atom stereocenters. The van der Waals surface area contributed by atoms with E-state index in [0.29, 0.717) is 49.6 Å². The molecule has 34 heavy (non-hydrogen) atoms. The van der Waals surface area contributed by atoms with E-state index in [0.717, 1.165) is 12.2 Å². The maximum absolute atomic E-state index is 10.5. The van der Waals surface area contributed by atoms with Crippen molar-refractivity contribution in [3.8, 4) is 5.75 Å². The Bertz CT molecular complexity index is 955. The van der Waals surface area contributed by atoms with Crippen molar-refractivity contribution in [3.63, 3.8) is 0 Å². The summed E-state index contributed by atoms with van der Waals surface area (Å²) in [5, 5.41) is 21.7. The molecule has 8 heteroatoms. The summed E-state index contributed by atoms with van der Waals surface area (Å²) < 4.78 is 11.9. The van der Waals surface area contributed by atoms with Crippen LogP contribution in [0.3, 0.4) is 0 Å². The van der Waals surface area contributed by atoms with Gasteiger partial charge in [0.2, 0.25) is 0 Å². The van der Waals surface area contributed by atoms with Crippen molar-refractivity contribution in [2.45, 2.75) is 25.4 Å². The highest BCUT2D eigenvalue weighted by molar-refractivity contribution is 7.13. The number of thiazole rings is 1. The lowest BCUT2D eigenvalue weighted by molar-refractivity contribution is 0.0944. The predicted octanol–water partition coefficient (Wildman–Crippen LogP) is 4.57. The number of halogens is 1. The normalized spacial score (nSPS) is 13.2. The van der Waals surface area contributed by atoms with Gasteiger partial charge in [-0.25, -0.2) is 4.98 Å². The van der Waals surface area contributed by atoms with Crippen LogP contribution in [-0.4, -0.2) is 66.2 Å². The van der Waals surface area contributed by atoms with Crippen LogP contribution >= 0.6 is 22.9 Å². The third-order valence-corrected chi connectivity index (χ3v) is 6.54. The number of nitrogens with zero attached hydrogens (tertiary/aromatic N) is 2. The molecule has 1 heterocycles. The summed E-state index contributed by atoms with van der Waals surface area (Å²) in [6, 6.07) is 18.4. The molecule has 184 valence electrons. The van der Waals surface area contributed by atoms with E-state index in [4.69, 9.17) is 21.1 Å². The third kappa shape index (κ3) is 8.98. The molecule has 0 saturated heterocycles. The lowest BCUT2D eigenvalue weighted by atomic mass is 10.00. The van der Waals surface area contributed by atoms with E-state index in [1.54, 1.807) is 5.38 Å². The van der Waals surface area contributed by atoms with E-state index >= 15 is 0 Å². The fourth-order valence-corrected chi connectivity index (χ4v) is 4.51. The standard InChI is InChI=1S/C26H33ClN2O4S/c1-20(17-29(12-13-30)18-25(31)24-19-34-26(27)28-24)22-7-9-23(10-8-22)33-16-15-32-14-11-21-5-3-2-4-6-21/h2-10,19-20,25,30-31H,11-18H2,1H3. The van der Waals surface area contributed by atoms with Crippen molar-refractivity contribution in [1.29, 1.82) is 0 Å². The molecule has 1 aromatic heterocycles. The number of benzene rings is 2. The molecule has 3 rings (SSSR count). The van der Waals surface area contributed by atoms with Gasteiger partial charge in [-0.15, -0.1) is 11.3 Å². The maximum Gasteiger partial charge on any atom is 0.183 e. The van der Waals surface area contributed by atoms with Gasteiger partial charge < -0.3 is 19.7 Å². The Morgan fingerprint density at radius 3 is 2.47 bits per heavy atom. The molecule has 2 N–H and O–H groups in total. The van der Waals surface area contributed by atoms with Crippen LogP contribution in [0.1, 0.15) is 35.8 Å². The summed E-state index contributed by atoms with van der Waals surface area (Å²) in [4.78, 5) is 6.19. The Labute approximate surface area is 210 Å². The van der Waals surface area contributed by atoms with Crippen LogP contribution in [0.15, 0.2) is 60.0 Å². The molecule has 6 nitrogen and oxygen atoms in total. The molecule has 0 radical (unpaired) electrons. The Morgan fingerprint density at radius 1 is 1.03 bits per heavy atom. The molecular weight excluding hydrogens is 472 g/mol. The van der Waals surface area contributed by atoms with Crippen molar-refractivity contribution in [2.24, 2.45) is 0 Å². The maximum atomic E-state index is 10.5. The average molecular weight is 505 g/mol. The number of aliphatic hydroxyl groups is 2. The van der Waals surface area contributed by atoms with Gasteiger partial charge >= 0.3 is 0 Å². The van der Waals surface area contributed by atoms with E-state index in [9.17, 15) is 10.2 Å². The van der Waals surface area contributed by atoms with Crippen molar-refractivity contribution >= 4 is 22.9 Å². The first kappa shape index (κ1) is 26.6. The molecule has 0 aliphatic rings. The molecule has 0 saturated carbocycles. The molecule has 0 aliphatic carbocycles. The largest absolute Gasteiger partial charge is 0.491 e. The van der Waals surface area contributed by atoms with Crippen molar-refractivity contribution in [1.82, 2.24) is 9.88 Å². The van der Waals surface area contributed by atoms with E-state index < -0.39 is 6.10 Å². The van der Waals surface area contributed by atoms with Crippen LogP contribution in [0.4, 0.5) is 0 Å². The van der Waals surface area contributed by atoms with Crippen molar-refractivity contribution in [2.75, 3.05) is 46.1 Å². The Hall–Kier alpha value is -2.00. The van der Waals surface area contributed by atoms with Gasteiger partial charge in [0.25, 0.3) is 0 Å². The molecule has 0 bridgehead atoms. The van der Waals surface area contributed by atoms with E-state index in [1.165, 1.54) is 22.5 Å². The SMILES string of the molecule is CC(CN(CCO)CC(O)c1csc(Cl)n1)c1ccc(OCCOCCc2ccccc2)cc1. The molecule has 2 unspecified atom stereocenters. The lowest BCUT2D eigenvalue weighted by Crippen LogP contribution is -2.34. The van der Waals surface area contributed by atoms with E-state index in [-0.39, 0.29) is 12.5 Å². The molecule has 0 spiro atoms. The monoisotopic (exact) mass is 504 g/mol. The zero-order chi connectivity index (χ0) is 24.2. The molecule has 0 amide bonds. The second-order valence-corrected chi connectivity index (χ2v) is 9.63. The number of hydrogen-bond donors (Lipinski definition) is 2. The third-order valence-electron chi connectivity index (χ3n) is 5.54. The summed E-state index contributed by atoms with van der Waals surface area (Å²) in [5.41, 5.74) is 3.00. The van der Waals surface area contributed by atoms with Crippen molar-refractivity contribution < 1.29 is 19.7 Å². The van der Waals surface area contributed by atoms with Gasteiger partial charge in [-0.05, 0) is 35.6 Å². The van der Waals surface area contributed by atoms with Crippen LogP contribution in [0.5, 0.6) is 5.75 Å². The first-order chi connectivity index (χ1) is 16.5. The highest BCUT2D eigenvalue weighted by Crippen LogP contribution is 2.24. The Balaban J connectivity index is 1.39. The zero-order valence-electron chi connectivity index (χ0n) is 19.5. The molecule has 0 aliphatic heterocycles. The summed E-state index contributed by atoms with van der Waals surface area (Å²) in [7, 11) is 0. The van der Waals surface area contributed by atoms with Gasteiger partial charge in [0.1, 0.15) is 18.5 Å². The summed E-state index contributed by atoms with van der Waals surface area (Å²) in [5.74, 6) is 1.03. The van der Waals surface area contributed by atoms with E-state index in [1.807, 2.05) is 35.2 Å². The first-order valence-electron chi connectivity index (χ1n) is 11.5. The predicted molar refractivity (Wildman–Crippen MR) is 137 cm³/mol.